The van der Waals surface area contributed by atoms with Crippen LogP contribution in [0.15, 0.2) is 82.7 Å². The van der Waals surface area contributed by atoms with Crippen LogP contribution < -0.4 is 19.9 Å². The van der Waals surface area contributed by atoms with Gasteiger partial charge in [0.15, 0.2) is 6.61 Å². The Morgan fingerprint density at radius 3 is 2.69 bits per heavy atom. The molecule has 0 fully saturated rings. The first-order valence-electron chi connectivity index (χ1n) is 9.82. The zero-order valence-corrected chi connectivity index (χ0v) is 18.8. The normalized spacial score (nSPS) is 14.7. The third-order valence-corrected chi connectivity index (χ3v) is 5.44. The number of nitrogens with two attached hydrogens (primary N) is 1. The number of fused-ring (bicyclic) bond motifs is 1. The number of rotatable bonds is 5. The Labute approximate surface area is 194 Å². The lowest BCUT2D eigenvalue weighted by molar-refractivity contribution is -0.136. The van der Waals surface area contributed by atoms with Gasteiger partial charge in [-0.2, -0.15) is 5.26 Å². The van der Waals surface area contributed by atoms with Crippen LogP contribution in [-0.2, 0) is 4.79 Å². The maximum Gasteiger partial charge on any atom is 0.349 e. The predicted molar refractivity (Wildman–Crippen MR) is 122 cm³/mol. The third kappa shape index (κ3) is 4.61. The fourth-order valence-electron chi connectivity index (χ4n) is 3.54. The summed E-state index contributed by atoms with van der Waals surface area (Å²) in [6.45, 7) is 1.71. The molecule has 160 valence electrons. The first kappa shape index (κ1) is 21.5. The molecule has 7 heteroatoms. The topological polar surface area (TPSA) is 94.6 Å². The molecule has 0 saturated heterocycles. The Hall–Kier alpha value is -3.76. The molecule has 4 rings (SSSR count). The van der Waals surface area contributed by atoms with E-state index in [1.54, 1.807) is 24.3 Å². The molecule has 0 saturated carbocycles. The van der Waals surface area contributed by atoms with E-state index in [4.69, 9.17) is 19.9 Å². The molecule has 1 heterocycles. The number of aryl methyl sites for hydroxylation is 1. The van der Waals surface area contributed by atoms with Gasteiger partial charge in [0.05, 0.1) is 5.92 Å². The van der Waals surface area contributed by atoms with Crippen molar-refractivity contribution in [2.45, 2.75) is 12.8 Å². The molecule has 0 radical (unpaired) electrons. The molecule has 0 aromatic heterocycles. The Morgan fingerprint density at radius 1 is 1.12 bits per heavy atom. The van der Waals surface area contributed by atoms with Crippen molar-refractivity contribution in [3.63, 3.8) is 0 Å². The Balaban J connectivity index is 1.55. The Morgan fingerprint density at radius 2 is 1.94 bits per heavy atom. The van der Waals surface area contributed by atoms with Crippen molar-refractivity contribution in [1.29, 1.82) is 5.26 Å². The standard InChI is InChI=1S/C25H19BrN2O4/c1-15-4-2-7-18(10-15)30-14-23(29)31-19-8-9-20-22(12-19)32-25(28)21(13-27)24(20)16-5-3-6-17(26)11-16/h2-12,24H,14,28H2,1H3. The second-order valence-electron chi connectivity index (χ2n) is 7.26. The van der Waals surface area contributed by atoms with E-state index in [2.05, 4.69) is 22.0 Å². The van der Waals surface area contributed by atoms with Gasteiger partial charge in [-0.15, -0.1) is 0 Å². The largest absolute Gasteiger partial charge is 0.482 e. The smallest absolute Gasteiger partial charge is 0.349 e. The van der Waals surface area contributed by atoms with E-state index in [1.807, 2.05) is 49.4 Å². The molecule has 3 aromatic rings. The van der Waals surface area contributed by atoms with Crippen LogP contribution in [-0.4, -0.2) is 12.6 Å². The summed E-state index contributed by atoms with van der Waals surface area (Å²) in [6.07, 6.45) is 0. The number of carbonyl (C=O) groups is 1. The highest BCUT2D eigenvalue weighted by atomic mass is 79.9. The van der Waals surface area contributed by atoms with Crippen LogP contribution in [0.4, 0.5) is 0 Å². The van der Waals surface area contributed by atoms with Crippen LogP contribution in [0, 0.1) is 18.3 Å². The number of carbonyl (C=O) groups excluding carboxylic acids is 1. The minimum absolute atomic E-state index is 0.0243. The SMILES string of the molecule is Cc1cccc(OCC(=O)Oc2ccc3c(c2)OC(N)=C(C#N)C3c2cccc(Br)c2)c1. The molecule has 1 aliphatic rings. The molecule has 1 atom stereocenters. The van der Waals surface area contributed by atoms with E-state index in [-0.39, 0.29) is 12.5 Å². The molecule has 6 nitrogen and oxygen atoms in total. The van der Waals surface area contributed by atoms with Crippen molar-refractivity contribution in [3.8, 4) is 23.3 Å². The first-order chi connectivity index (χ1) is 15.4. The van der Waals surface area contributed by atoms with Gasteiger partial charge in [0.2, 0.25) is 5.88 Å². The summed E-state index contributed by atoms with van der Waals surface area (Å²) in [5.74, 6) is 0.396. The quantitative estimate of drug-likeness (QED) is 0.401. The Kier molecular flexibility index (Phi) is 6.15. The van der Waals surface area contributed by atoms with E-state index in [0.29, 0.717) is 22.8 Å². The van der Waals surface area contributed by atoms with E-state index >= 15 is 0 Å². The van der Waals surface area contributed by atoms with Crippen LogP contribution in [0.2, 0.25) is 0 Å². The maximum atomic E-state index is 12.3. The number of hydrogen-bond acceptors (Lipinski definition) is 6. The van der Waals surface area contributed by atoms with Gasteiger partial charge < -0.3 is 19.9 Å². The van der Waals surface area contributed by atoms with Gasteiger partial charge in [-0.25, -0.2) is 4.79 Å². The van der Waals surface area contributed by atoms with Gasteiger partial charge in [0, 0.05) is 16.1 Å². The van der Waals surface area contributed by atoms with Gasteiger partial charge in [0.25, 0.3) is 0 Å². The number of allylic oxidation sites excluding steroid dienone is 1. The van der Waals surface area contributed by atoms with E-state index in [1.165, 1.54) is 0 Å². The van der Waals surface area contributed by atoms with Crippen molar-refractivity contribution in [2.75, 3.05) is 6.61 Å². The van der Waals surface area contributed by atoms with Gasteiger partial charge in [-0.3, -0.25) is 0 Å². The number of hydrogen-bond donors (Lipinski definition) is 1. The van der Waals surface area contributed by atoms with Crippen molar-refractivity contribution in [3.05, 3.63) is 99.3 Å². The number of nitrogens with zero attached hydrogens (tertiary/aromatic N) is 1. The maximum absolute atomic E-state index is 12.3. The van der Waals surface area contributed by atoms with Gasteiger partial charge >= 0.3 is 5.97 Å². The molecular weight excluding hydrogens is 472 g/mol. The number of ether oxygens (including phenoxy) is 3. The molecule has 0 spiro atoms. The average molecular weight is 491 g/mol. The lowest BCUT2D eigenvalue weighted by Crippen LogP contribution is -2.21. The fraction of sp³-hybridized carbons (Fsp3) is 0.120. The van der Waals surface area contributed by atoms with Crippen LogP contribution in [0.5, 0.6) is 17.2 Å². The summed E-state index contributed by atoms with van der Waals surface area (Å²) in [4.78, 5) is 12.3. The van der Waals surface area contributed by atoms with Crippen LogP contribution in [0.25, 0.3) is 0 Å². The number of benzene rings is 3. The molecule has 1 unspecified atom stereocenters. The summed E-state index contributed by atoms with van der Waals surface area (Å²) in [5.41, 5.74) is 9.04. The van der Waals surface area contributed by atoms with Crippen molar-refractivity contribution >= 4 is 21.9 Å². The second-order valence-corrected chi connectivity index (χ2v) is 8.17. The highest BCUT2D eigenvalue weighted by Crippen LogP contribution is 2.43. The monoisotopic (exact) mass is 490 g/mol. The lowest BCUT2D eigenvalue weighted by atomic mass is 9.83. The van der Waals surface area contributed by atoms with E-state index < -0.39 is 11.9 Å². The Bertz CT molecular complexity index is 1260. The zero-order valence-electron chi connectivity index (χ0n) is 17.2. The number of esters is 1. The summed E-state index contributed by atoms with van der Waals surface area (Å²) < 4.78 is 17.5. The van der Waals surface area contributed by atoms with Crippen LogP contribution >= 0.6 is 15.9 Å². The molecule has 32 heavy (non-hydrogen) atoms. The molecule has 0 bridgehead atoms. The highest BCUT2D eigenvalue weighted by molar-refractivity contribution is 9.10. The van der Waals surface area contributed by atoms with Crippen molar-refractivity contribution in [2.24, 2.45) is 5.73 Å². The van der Waals surface area contributed by atoms with Gasteiger partial charge in [-0.05, 0) is 48.4 Å². The summed E-state index contributed by atoms with van der Waals surface area (Å²) in [6, 6.07) is 22.2. The molecular formula is C25H19BrN2O4. The molecule has 0 amide bonds. The average Bonchev–Trinajstić information content (AvgIpc) is 2.76. The number of nitriles is 1. The summed E-state index contributed by atoms with van der Waals surface area (Å²) in [7, 11) is 0. The van der Waals surface area contributed by atoms with Crippen LogP contribution in [0.1, 0.15) is 22.6 Å². The molecule has 0 aliphatic carbocycles. The van der Waals surface area contributed by atoms with Gasteiger partial charge in [0.1, 0.15) is 28.9 Å². The van der Waals surface area contributed by atoms with Gasteiger partial charge in [-0.1, -0.05) is 46.3 Å². The predicted octanol–water partition coefficient (Wildman–Crippen LogP) is 4.96. The molecule has 3 aromatic carbocycles. The van der Waals surface area contributed by atoms with Crippen molar-refractivity contribution < 1.29 is 19.0 Å². The second kappa shape index (κ2) is 9.16. The van der Waals surface area contributed by atoms with E-state index in [0.717, 1.165) is 21.2 Å². The van der Waals surface area contributed by atoms with Crippen LogP contribution in [0.3, 0.4) is 0 Å². The summed E-state index contributed by atoms with van der Waals surface area (Å²) >= 11 is 3.47. The number of halogens is 1. The molecule has 2 N–H and O–H groups in total. The third-order valence-electron chi connectivity index (χ3n) is 4.95. The minimum atomic E-state index is -0.549. The highest BCUT2D eigenvalue weighted by Gasteiger charge is 2.31. The first-order valence-corrected chi connectivity index (χ1v) is 10.6. The molecule has 1 aliphatic heterocycles. The summed E-state index contributed by atoms with van der Waals surface area (Å²) in [5, 5.41) is 9.67. The van der Waals surface area contributed by atoms with Crippen molar-refractivity contribution in [1.82, 2.24) is 0 Å². The minimum Gasteiger partial charge on any atom is -0.482 e. The van der Waals surface area contributed by atoms with E-state index in [9.17, 15) is 10.1 Å². The lowest BCUT2D eigenvalue weighted by Gasteiger charge is -2.26. The zero-order chi connectivity index (χ0) is 22.7. The fourth-order valence-corrected chi connectivity index (χ4v) is 3.95.